The van der Waals surface area contributed by atoms with Crippen molar-refractivity contribution in [2.24, 2.45) is 5.73 Å². The Hall–Kier alpha value is -1.52. The van der Waals surface area contributed by atoms with Crippen LogP contribution in [0.5, 0.6) is 5.75 Å². The van der Waals surface area contributed by atoms with Crippen molar-refractivity contribution in [2.75, 3.05) is 0 Å². The molecule has 1 aliphatic heterocycles. The molecule has 2 aromatic rings. The van der Waals surface area contributed by atoms with Crippen LogP contribution in [0.1, 0.15) is 49.7 Å². The van der Waals surface area contributed by atoms with Gasteiger partial charge in [0.15, 0.2) is 0 Å². The number of rotatable bonds is 2. The number of ether oxygens (including phenoxy) is 1. The average Bonchev–Trinajstić information content (AvgIpc) is 2.89. The standard InChI is InChI=1S/C15H18ClN3O/c1-9(2)19-8-18-7-13(19)15-6-12(17)11-5-10(16)3-4-14(11)20-15/h3-5,7-9,12,15H,6,17H2,1-2H3/t12-,15?/m0/s1. The number of halogens is 1. The lowest BCUT2D eigenvalue weighted by Gasteiger charge is -2.31. The SMILES string of the molecule is CC(C)n1cncc1C1C[C@H](N)c2cc(Cl)ccc2O1. The Balaban J connectivity index is 1.95. The van der Waals surface area contributed by atoms with Crippen LogP contribution in [0.25, 0.3) is 0 Å². The average molecular weight is 292 g/mol. The van der Waals surface area contributed by atoms with E-state index in [1.54, 1.807) is 0 Å². The number of nitrogens with zero attached hydrogens (tertiary/aromatic N) is 2. The quantitative estimate of drug-likeness (QED) is 0.919. The van der Waals surface area contributed by atoms with Crippen molar-refractivity contribution in [3.63, 3.8) is 0 Å². The monoisotopic (exact) mass is 291 g/mol. The Morgan fingerprint density at radius 2 is 2.25 bits per heavy atom. The molecule has 1 aliphatic rings. The summed E-state index contributed by atoms with van der Waals surface area (Å²) in [6.45, 7) is 4.25. The van der Waals surface area contributed by atoms with Crippen LogP contribution in [-0.2, 0) is 0 Å². The number of benzene rings is 1. The topological polar surface area (TPSA) is 53.1 Å². The summed E-state index contributed by atoms with van der Waals surface area (Å²) in [5, 5.41) is 0.688. The molecule has 4 nitrogen and oxygen atoms in total. The van der Waals surface area contributed by atoms with Gasteiger partial charge in [0.1, 0.15) is 11.9 Å². The van der Waals surface area contributed by atoms with Crippen molar-refractivity contribution in [1.29, 1.82) is 0 Å². The van der Waals surface area contributed by atoms with Gasteiger partial charge in [-0.3, -0.25) is 0 Å². The molecule has 0 saturated carbocycles. The fourth-order valence-electron chi connectivity index (χ4n) is 2.65. The van der Waals surface area contributed by atoms with Crippen molar-refractivity contribution < 1.29 is 4.74 Å². The molecular weight excluding hydrogens is 274 g/mol. The first kappa shape index (κ1) is 13.5. The molecule has 1 aromatic carbocycles. The van der Waals surface area contributed by atoms with Crippen molar-refractivity contribution in [2.45, 2.75) is 38.5 Å². The lowest BCUT2D eigenvalue weighted by molar-refractivity contribution is 0.151. The molecule has 0 bridgehead atoms. The van der Waals surface area contributed by atoms with Crippen molar-refractivity contribution in [1.82, 2.24) is 9.55 Å². The summed E-state index contributed by atoms with van der Waals surface area (Å²) in [6, 6.07) is 5.88. The van der Waals surface area contributed by atoms with Gasteiger partial charge in [0.2, 0.25) is 0 Å². The van der Waals surface area contributed by atoms with Crippen LogP contribution in [-0.4, -0.2) is 9.55 Å². The van der Waals surface area contributed by atoms with E-state index in [1.165, 1.54) is 0 Å². The molecule has 0 saturated heterocycles. The molecule has 5 heteroatoms. The van der Waals surface area contributed by atoms with Gasteiger partial charge in [-0.05, 0) is 32.0 Å². The molecule has 2 heterocycles. The van der Waals surface area contributed by atoms with E-state index in [1.807, 2.05) is 30.7 Å². The normalized spacial score (nSPS) is 21.6. The number of fused-ring (bicyclic) bond motifs is 1. The number of nitrogens with two attached hydrogens (primary N) is 1. The molecular formula is C15H18ClN3O. The first-order valence-electron chi connectivity index (χ1n) is 6.79. The van der Waals surface area contributed by atoms with E-state index in [-0.39, 0.29) is 12.1 Å². The van der Waals surface area contributed by atoms with E-state index in [2.05, 4.69) is 23.4 Å². The molecule has 0 radical (unpaired) electrons. The molecule has 2 atom stereocenters. The van der Waals surface area contributed by atoms with Crippen molar-refractivity contribution in [3.05, 3.63) is 47.0 Å². The van der Waals surface area contributed by atoms with Gasteiger partial charge in [0.25, 0.3) is 0 Å². The molecule has 3 rings (SSSR count). The van der Waals surface area contributed by atoms with Gasteiger partial charge >= 0.3 is 0 Å². The fraction of sp³-hybridized carbons (Fsp3) is 0.400. The predicted molar refractivity (Wildman–Crippen MR) is 79.0 cm³/mol. The summed E-state index contributed by atoms with van der Waals surface area (Å²) in [5.74, 6) is 0.814. The van der Waals surface area contributed by atoms with Crippen LogP contribution in [0, 0.1) is 0 Å². The van der Waals surface area contributed by atoms with Crippen molar-refractivity contribution >= 4 is 11.6 Å². The molecule has 0 spiro atoms. The largest absolute Gasteiger partial charge is 0.484 e. The highest BCUT2D eigenvalue weighted by atomic mass is 35.5. The zero-order chi connectivity index (χ0) is 14.3. The van der Waals surface area contributed by atoms with Gasteiger partial charge in [-0.2, -0.15) is 0 Å². The van der Waals surface area contributed by atoms with E-state index in [4.69, 9.17) is 22.1 Å². The molecule has 20 heavy (non-hydrogen) atoms. The minimum atomic E-state index is -0.0713. The van der Waals surface area contributed by atoms with E-state index < -0.39 is 0 Å². The minimum Gasteiger partial charge on any atom is -0.484 e. The highest BCUT2D eigenvalue weighted by Gasteiger charge is 2.29. The second-order valence-electron chi connectivity index (χ2n) is 5.45. The third-order valence-electron chi connectivity index (χ3n) is 3.69. The summed E-state index contributed by atoms with van der Waals surface area (Å²) >= 11 is 6.02. The Morgan fingerprint density at radius 1 is 1.45 bits per heavy atom. The van der Waals surface area contributed by atoms with Crippen LogP contribution in [0.3, 0.4) is 0 Å². The number of imidazole rings is 1. The van der Waals surface area contributed by atoms with Crippen molar-refractivity contribution in [3.8, 4) is 5.75 Å². The van der Waals surface area contributed by atoms with Crippen LogP contribution in [0.15, 0.2) is 30.7 Å². The highest BCUT2D eigenvalue weighted by Crippen LogP contribution is 2.40. The summed E-state index contributed by atoms with van der Waals surface area (Å²) in [7, 11) is 0. The molecule has 2 N–H and O–H groups in total. The zero-order valence-corrected chi connectivity index (χ0v) is 12.3. The maximum atomic E-state index is 6.27. The maximum absolute atomic E-state index is 6.27. The molecule has 1 unspecified atom stereocenters. The summed E-state index contributed by atoms with van der Waals surface area (Å²) in [5.41, 5.74) is 8.31. The van der Waals surface area contributed by atoms with E-state index >= 15 is 0 Å². The van der Waals surface area contributed by atoms with Crippen LogP contribution < -0.4 is 10.5 Å². The summed E-state index contributed by atoms with van der Waals surface area (Å²) in [6.07, 6.45) is 4.36. The Kier molecular flexibility index (Phi) is 3.44. The van der Waals surface area contributed by atoms with E-state index in [9.17, 15) is 0 Å². The maximum Gasteiger partial charge on any atom is 0.142 e. The van der Waals surface area contributed by atoms with Crippen LogP contribution >= 0.6 is 11.6 Å². The predicted octanol–water partition coefficient (Wildman–Crippen LogP) is 3.64. The molecule has 1 aromatic heterocycles. The Bertz CT molecular complexity index is 623. The minimum absolute atomic E-state index is 0.0661. The molecule has 0 fully saturated rings. The van der Waals surface area contributed by atoms with Crippen LogP contribution in [0.2, 0.25) is 5.02 Å². The molecule has 0 amide bonds. The lowest BCUT2D eigenvalue weighted by atomic mass is 9.96. The summed E-state index contributed by atoms with van der Waals surface area (Å²) < 4.78 is 8.22. The highest BCUT2D eigenvalue weighted by molar-refractivity contribution is 6.30. The zero-order valence-electron chi connectivity index (χ0n) is 11.6. The van der Waals surface area contributed by atoms with Gasteiger partial charge in [-0.15, -0.1) is 0 Å². The first-order valence-corrected chi connectivity index (χ1v) is 7.17. The number of hydrogen-bond acceptors (Lipinski definition) is 3. The fourth-order valence-corrected chi connectivity index (χ4v) is 2.83. The van der Waals surface area contributed by atoms with E-state index in [0.29, 0.717) is 11.1 Å². The van der Waals surface area contributed by atoms with E-state index in [0.717, 1.165) is 23.4 Å². The second-order valence-corrected chi connectivity index (χ2v) is 5.89. The van der Waals surface area contributed by atoms with Gasteiger partial charge in [-0.25, -0.2) is 4.98 Å². The number of aromatic nitrogens is 2. The van der Waals surface area contributed by atoms with Gasteiger partial charge in [0, 0.05) is 29.1 Å². The van der Waals surface area contributed by atoms with Crippen LogP contribution in [0.4, 0.5) is 0 Å². The van der Waals surface area contributed by atoms with Gasteiger partial charge in [-0.1, -0.05) is 11.6 Å². The van der Waals surface area contributed by atoms with Gasteiger partial charge in [0.05, 0.1) is 18.2 Å². The third-order valence-corrected chi connectivity index (χ3v) is 3.93. The molecule has 106 valence electrons. The third kappa shape index (κ3) is 2.30. The second kappa shape index (κ2) is 5.11. The smallest absolute Gasteiger partial charge is 0.142 e. The Labute approximate surface area is 123 Å². The summed E-state index contributed by atoms with van der Waals surface area (Å²) in [4.78, 5) is 4.23. The lowest BCUT2D eigenvalue weighted by Crippen LogP contribution is -2.26. The van der Waals surface area contributed by atoms with Gasteiger partial charge < -0.3 is 15.0 Å². The Morgan fingerprint density at radius 3 is 3.00 bits per heavy atom. The molecule has 0 aliphatic carbocycles. The number of hydrogen-bond donors (Lipinski definition) is 1. The first-order chi connectivity index (χ1) is 9.56.